The molecule has 0 saturated carbocycles. The Kier molecular flexibility index (Phi) is 5.92. The minimum absolute atomic E-state index is 0.111. The van der Waals surface area contributed by atoms with Crippen molar-refractivity contribution < 1.29 is 8.42 Å². The first-order valence-electron chi connectivity index (χ1n) is 7.23. The standard InChI is InChI=1S/C16H12BrClN4O2S2/c17-11-6-8-13(9-7-11)26(23,24)22-19-10-14-15(18)21-16(25-14)20-12-4-2-1-3-5-12/h1-10,22H,(H,20,21). The molecule has 6 nitrogen and oxygen atoms in total. The maximum absolute atomic E-state index is 12.2. The number of hydrogen-bond acceptors (Lipinski definition) is 6. The monoisotopic (exact) mass is 470 g/mol. The van der Waals surface area contributed by atoms with Crippen LogP contribution in [-0.2, 0) is 10.0 Å². The molecule has 0 amide bonds. The Bertz CT molecular complexity index is 1020. The van der Waals surface area contributed by atoms with Crippen molar-refractivity contribution >= 4 is 65.9 Å². The highest BCUT2D eigenvalue weighted by atomic mass is 79.9. The average Bonchev–Trinajstić information content (AvgIpc) is 2.95. The molecule has 0 bridgehead atoms. The number of nitrogens with zero attached hydrogens (tertiary/aromatic N) is 2. The van der Waals surface area contributed by atoms with Crippen LogP contribution in [0.5, 0.6) is 0 Å². The van der Waals surface area contributed by atoms with Gasteiger partial charge in [-0.25, -0.2) is 9.82 Å². The fourth-order valence-electron chi connectivity index (χ4n) is 1.91. The molecule has 0 radical (unpaired) electrons. The quantitative estimate of drug-likeness (QED) is 0.406. The lowest BCUT2D eigenvalue weighted by molar-refractivity contribution is 0.584. The highest BCUT2D eigenvalue weighted by molar-refractivity contribution is 9.10. The van der Waals surface area contributed by atoms with Crippen LogP contribution < -0.4 is 10.1 Å². The van der Waals surface area contributed by atoms with Gasteiger partial charge in [-0.2, -0.15) is 13.5 Å². The Morgan fingerprint density at radius 1 is 1.12 bits per heavy atom. The molecule has 26 heavy (non-hydrogen) atoms. The van der Waals surface area contributed by atoms with Crippen LogP contribution in [0.15, 0.2) is 69.1 Å². The van der Waals surface area contributed by atoms with Gasteiger partial charge < -0.3 is 5.32 Å². The lowest BCUT2D eigenvalue weighted by Gasteiger charge is -2.02. The van der Waals surface area contributed by atoms with Crippen LogP contribution in [0.3, 0.4) is 0 Å². The Balaban J connectivity index is 1.69. The highest BCUT2D eigenvalue weighted by Gasteiger charge is 2.13. The van der Waals surface area contributed by atoms with E-state index in [1.165, 1.54) is 29.7 Å². The maximum atomic E-state index is 12.2. The summed E-state index contributed by atoms with van der Waals surface area (Å²) in [5, 5.41) is 7.72. The summed E-state index contributed by atoms with van der Waals surface area (Å²) in [6.07, 6.45) is 1.33. The summed E-state index contributed by atoms with van der Waals surface area (Å²) >= 11 is 10.6. The number of rotatable bonds is 6. The zero-order chi connectivity index (χ0) is 18.6. The molecule has 2 N–H and O–H groups in total. The molecule has 0 spiro atoms. The van der Waals surface area contributed by atoms with Gasteiger partial charge in [0, 0.05) is 10.2 Å². The third-order valence-electron chi connectivity index (χ3n) is 3.11. The number of anilines is 2. The maximum Gasteiger partial charge on any atom is 0.276 e. The van der Waals surface area contributed by atoms with Gasteiger partial charge in [0.2, 0.25) is 0 Å². The van der Waals surface area contributed by atoms with Crippen molar-refractivity contribution in [1.82, 2.24) is 9.82 Å². The van der Waals surface area contributed by atoms with E-state index < -0.39 is 10.0 Å². The second-order valence-electron chi connectivity index (χ2n) is 4.97. The van der Waals surface area contributed by atoms with E-state index in [1.54, 1.807) is 12.1 Å². The van der Waals surface area contributed by atoms with Gasteiger partial charge in [0.15, 0.2) is 10.3 Å². The number of hydrogen-bond donors (Lipinski definition) is 2. The Labute approximate surface area is 168 Å². The highest BCUT2D eigenvalue weighted by Crippen LogP contribution is 2.27. The molecule has 3 aromatic rings. The smallest absolute Gasteiger partial charge is 0.276 e. The number of thiazole rings is 1. The van der Waals surface area contributed by atoms with Crippen molar-refractivity contribution in [3.05, 3.63) is 69.1 Å². The van der Waals surface area contributed by atoms with Gasteiger partial charge in [-0.1, -0.05) is 57.1 Å². The number of aromatic nitrogens is 1. The molecule has 1 aromatic heterocycles. The number of sulfonamides is 1. The van der Waals surface area contributed by atoms with Crippen LogP contribution in [0.2, 0.25) is 5.15 Å². The van der Waals surface area contributed by atoms with Crippen molar-refractivity contribution in [2.45, 2.75) is 4.90 Å². The number of halogens is 2. The lowest BCUT2D eigenvalue weighted by atomic mass is 10.3. The average molecular weight is 472 g/mol. The van der Waals surface area contributed by atoms with Gasteiger partial charge in [-0.05, 0) is 36.4 Å². The van der Waals surface area contributed by atoms with Crippen LogP contribution in [0.4, 0.5) is 10.8 Å². The molecule has 0 saturated heterocycles. The largest absolute Gasteiger partial charge is 0.331 e. The van der Waals surface area contributed by atoms with Gasteiger partial charge in [0.25, 0.3) is 10.0 Å². The van der Waals surface area contributed by atoms with Crippen LogP contribution >= 0.6 is 38.9 Å². The molecular weight excluding hydrogens is 460 g/mol. The first-order chi connectivity index (χ1) is 12.4. The molecule has 2 aromatic carbocycles. The number of benzene rings is 2. The molecule has 0 aliphatic rings. The topological polar surface area (TPSA) is 83.5 Å². The minimum Gasteiger partial charge on any atom is -0.331 e. The van der Waals surface area contributed by atoms with Gasteiger partial charge in [-0.3, -0.25) is 0 Å². The zero-order valence-corrected chi connectivity index (χ0v) is 17.0. The molecule has 0 aliphatic heterocycles. The molecule has 0 fully saturated rings. The van der Waals surface area contributed by atoms with E-state index in [0.717, 1.165) is 10.2 Å². The first-order valence-corrected chi connectivity index (χ1v) is 10.7. The molecule has 134 valence electrons. The van der Waals surface area contributed by atoms with Crippen LogP contribution in [-0.4, -0.2) is 19.6 Å². The van der Waals surface area contributed by atoms with E-state index in [2.05, 4.69) is 36.2 Å². The predicted molar refractivity (Wildman–Crippen MR) is 109 cm³/mol. The van der Waals surface area contributed by atoms with E-state index >= 15 is 0 Å². The van der Waals surface area contributed by atoms with Crippen molar-refractivity contribution in [3.8, 4) is 0 Å². The first kappa shape index (κ1) is 18.8. The molecule has 0 unspecified atom stereocenters. The van der Waals surface area contributed by atoms with Crippen molar-refractivity contribution in [3.63, 3.8) is 0 Å². The molecule has 1 heterocycles. The number of hydrazone groups is 1. The number of para-hydroxylation sites is 1. The summed E-state index contributed by atoms with van der Waals surface area (Å²) < 4.78 is 25.1. The Morgan fingerprint density at radius 3 is 2.50 bits per heavy atom. The Morgan fingerprint density at radius 2 is 1.81 bits per heavy atom. The molecule has 0 aliphatic carbocycles. The fraction of sp³-hybridized carbons (Fsp3) is 0. The fourth-order valence-corrected chi connectivity index (χ4v) is 4.02. The summed E-state index contributed by atoms with van der Waals surface area (Å²) in [6, 6.07) is 15.7. The van der Waals surface area contributed by atoms with E-state index in [4.69, 9.17) is 11.6 Å². The van der Waals surface area contributed by atoms with Crippen molar-refractivity contribution in [2.24, 2.45) is 5.10 Å². The normalized spacial score (nSPS) is 11.6. The molecule has 0 atom stereocenters. The summed E-state index contributed by atoms with van der Waals surface area (Å²) in [6.45, 7) is 0. The summed E-state index contributed by atoms with van der Waals surface area (Å²) in [7, 11) is -3.75. The van der Waals surface area contributed by atoms with Gasteiger partial charge in [-0.15, -0.1) is 0 Å². The van der Waals surface area contributed by atoms with Gasteiger partial charge >= 0.3 is 0 Å². The molecular formula is C16H12BrClN4O2S2. The summed E-state index contributed by atoms with van der Waals surface area (Å²) in [5.74, 6) is 0. The zero-order valence-electron chi connectivity index (χ0n) is 13.1. The van der Waals surface area contributed by atoms with E-state index in [0.29, 0.717) is 10.0 Å². The van der Waals surface area contributed by atoms with Crippen molar-refractivity contribution in [1.29, 1.82) is 0 Å². The molecule has 10 heteroatoms. The lowest BCUT2D eigenvalue weighted by Crippen LogP contribution is -2.18. The minimum atomic E-state index is -3.75. The second-order valence-corrected chi connectivity index (χ2v) is 8.94. The van der Waals surface area contributed by atoms with Crippen LogP contribution in [0, 0.1) is 0 Å². The summed E-state index contributed by atoms with van der Waals surface area (Å²) in [4.78, 5) is 6.99. The molecule has 3 rings (SSSR count). The van der Waals surface area contributed by atoms with E-state index in [-0.39, 0.29) is 10.0 Å². The third kappa shape index (κ3) is 4.82. The Hall–Kier alpha value is -1.94. The van der Waals surface area contributed by atoms with E-state index in [1.807, 2.05) is 30.3 Å². The second kappa shape index (κ2) is 8.17. The van der Waals surface area contributed by atoms with Crippen molar-refractivity contribution in [2.75, 3.05) is 5.32 Å². The van der Waals surface area contributed by atoms with Gasteiger partial charge in [0.1, 0.15) is 0 Å². The number of nitrogens with one attached hydrogen (secondary N) is 2. The SMILES string of the molecule is O=S(=O)(NN=Cc1sc(Nc2ccccc2)nc1Cl)c1ccc(Br)cc1. The third-order valence-corrected chi connectivity index (χ3v) is 6.19. The van der Waals surface area contributed by atoms with E-state index in [9.17, 15) is 8.42 Å². The van der Waals surface area contributed by atoms with Crippen LogP contribution in [0.25, 0.3) is 0 Å². The summed E-state index contributed by atoms with van der Waals surface area (Å²) in [5.41, 5.74) is 0.873. The van der Waals surface area contributed by atoms with Gasteiger partial charge in [0.05, 0.1) is 16.0 Å². The van der Waals surface area contributed by atoms with Crippen LogP contribution in [0.1, 0.15) is 4.88 Å². The predicted octanol–water partition coefficient (Wildman–Crippen LogP) is 4.62.